The van der Waals surface area contributed by atoms with Gasteiger partial charge in [-0.25, -0.2) is 26.5 Å². The summed E-state index contributed by atoms with van der Waals surface area (Å²) in [6, 6.07) is 0. The summed E-state index contributed by atoms with van der Waals surface area (Å²) in [4.78, 5) is 6.69. The molecule has 0 radical (unpaired) electrons. The van der Waals surface area contributed by atoms with E-state index >= 15 is 0 Å². The van der Waals surface area contributed by atoms with Crippen LogP contribution in [0, 0.1) is 0 Å². The average molecular weight is 293 g/mol. The largest absolute Gasteiger partial charge is 0.348 e. The van der Waals surface area contributed by atoms with E-state index < -0.39 is 25.1 Å². The molecule has 2 N–H and O–H groups in total. The highest BCUT2D eigenvalue weighted by atomic mass is 32.2. The van der Waals surface area contributed by atoms with Gasteiger partial charge in [-0.2, -0.15) is 0 Å². The van der Waals surface area contributed by atoms with Gasteiger partial charge in [0, 0.05) is 24.9 Å². The first-order valence-corrected chi connectivity index (χ1v) is 8.92. The Labute approximate surface area is 106 Å². The maximum atomic E-state index is 11.8. The van der Waals surface area contributed by atoms with Crippen molar-refractivity contribution in [3.8, 4) is 0 Å². The maximum Gasteiger partial charge on any atom is 0.215 e. The highest BCUT2D eigenvalue weighted by Crippen LogP contribution is 2.17. The standard InChI is InChI=1S/C9H15N3O4S2/c13-17(14)4-2-9(6-17)18(15,16)12-3-1-8-5-10-7-11-8/h5,7,9,12H,1-4,6H2,(H,10,11). The lowest BCUT2D eigenvalue weighted by atomic mass is 10.3. The van der Waals surface area contributed by atoms with Gasteiger partial charge >= 0.3 is 0 Å². The van der Waals surface area contributed by atoms with Crippen LogP contribution in [-0.2, 0) is 26.3 Å². The van der Waals surface area contributed by atoms with Crippen molar-refractivity contribution in [1.29, 1.82) is 0 Å². The zero-order valence-corrected chi connectivity index (χ0v) is 11.3. The molecule has 102 valence electrons. The smallest absolute Gasteiger partial charge is 0.215 e. The Morgan fingerprint density at radius 2 is 2.28 bits per heavy atom. The van der Waals surface area contributed by atoms with Crippen LogP contribution in [0.2, 0.25) is 0 Å². The molecule has 0 saturated carbocycles. The van der Waals surface area contributed by atoms with Gasteiger partial charge in [0.2, 0.25) is 10.0 Å². The highest BCUT2D eigenvalue weighted by Gasteiger charge is 2.36. The first kappa shape index (κ1) is 13.5. The number of aromatic nitrogens is 2. The molecule has 2 heterocycles. The monoisotopic (exact) mass is 293 g/mol. The summed E-state index contributed by atoms with van der Waals surface area (Å²) >= 11 is 0. The number of H-pyrrole nitrogens is 1. The van der Waals surface area contributed by atoms with E-state index in [1.807, 2.05) is 0 Å². The molecule has 7 nitrogen and oxygen atoms in total. The molecule has 9 heteroatoms. The topological polar surface area (TPSA) is 109 Å². The Kier molecular flexibility index (Phi) is 3.74. The second-order valence-electron chi connectivity index (χ2n) is 4.29. The average Bonchev–Trinajstić information content (AvgIpc) is 2.87. The van der Waals surface area contributed by atoms with Crippen molar-refractivity contribution in [2.75, 3.05) is 18.1 Å². The van der Waals surface area contributed by atoms with E-state index in [1.165, 1.54) is 6.33 Å². The molecule has 0 aliphatic carbocycles. The minimum atomic E-state index is -3.55. The Bertz CT molecular complexity index is 592. The van der Waals surface area contributed by atoms with Crippen LogP contribution in [0.5, 0.6) is 0 Å². The number of hydrogen-bond acceptors (Lipinski definition) is 5. The summed E-state index contributed by atoms with van der Waals surface area (Å²) in [5.74, 6) is -0.314. The lowest BCUT2D eigenvalue weighted by Gasteiger charge is -2.10. The van der Waals surface area contributed by atoms with Crippen LogP contribution < -0.4 is 4.72 Å². The van der Waals surface area contributed by atoms with Crippen molar-refractivity contribution in [3.63, 3.8) is 0 Å². The molecule has 0 amide bonds. The molecular formula is C9H15N3O4S2. The molecule has 0 spiro atoms. The Morgan fingerprint density at radius 3 is 2.83 bits per heavy atom. The van der Waals surface area contributed by atoms with Crippen LogP contribution in [0.25, 0.3) is 0 Å². The molecule has 1 atom stereocenters. The molecule has 1 unspecified atom stereocenters. The van der Waals surface area contributed by atoms with Gasteiger partial charge in [0.1, 0.15) is 0 Å². The SMILES string of the molecule is O=S1(=O)CCC(S(=O)(=O)NCCc2cnc[nH]2)C1. The summed E-state index contributed by atoms with van der Waals surface area (Å²) in [5, 5.41) is -0.815. The van der Waals surface area contributed by atoms with Crippen LogP contribution in [-0.4, -0.2) is 50.1 Å². The van der Waals surface area contributed by atoms with E-state index in [1.54, 1.807) is 6.20 Å². The summed E-state index contributed by atoms with van der Waals surface area (Å²) in [6.07, 6.45) is 3.82. The summed E-state index contributed by atoms with van der Waals surface area (Å²) in [7, 11) is -6.73. The number of sulfone groups is 1. The van der Waals surface area contributed by atoms with Gasteiger partial charge in [0.15, 0.2) is 9.84 Å². The van der Waals surface area contributed by atoms with E-state index in [9.17, 15) is 16.8 Å². The molecule has 18 heavy (non-hydrogen) atoms. The van der Waals surface area contributed by atoms with Crippen LogP contribution >= 0.6 is 0 Å². The molecule has 1 saturated heterocycles. The number of sulfonamides is 1. The number of nitrogens with zero attached hydrogens (tertiary/aromatic N) is 1. The fourth-order valence-corrected chi connectivity index (χ4v) is 5.95. The predicted octanol–water partition coefficient (Wildman–Crippen LogP) is -0.941. The maximum absolute atomic E-state index is 11.8. The van der Waals surface area contributed by atoms with E-state index in [4.69, 9.17) is 0 Å². The van der Waals surface area contributed by atoms with Gasteiger partial charge in [0.05, 0.1) is 23.1 Å². The van der Waals surface area contributed by atoms with Gasteiger partial charge in [0.25, 0.3) is 0 Å². The van der Waals surface area contributed by atoms with Crippen molar-refractivity contribution in [2.24, 2.45) is 0 Å². The molecular weight excluding hydrogens is 278 g/mol. The van der Waals surface area contributed by atoms with Crippen LogP contribution in [0.4, 0.5) is 0 Å². The highest BCUT2D eigenvalue weighted by molar-refractivity contribution is 7.95. The van der Waals surface area contributed by atoms with Gasteiger partial charge in [-0.3, -0.25) is 0 Å². The molecule has 2 rings (SSSR count). The zero-order chi connectivity index (χ0) is 13.2. The van der Waals surface area contributed by atoms with E-state index in [0.29, 0.717) is 6.42 Å². The molecule has 1 aromatic rings. The summed E-state index contributed by atoms with van der Waals surface area (Å²) in [5.41, 5.74) is 0.830. The lowest BCUT2D eigenvalue weighted by molar-refractivity contribution is 0.568. The van der Waals surface area contributed by atoms with Crippen molar-refractivity contribution < 1.29 is 16.8 Å². The van der Waals surface area contributed by atoms with Gasteiger partial charge in [-0.15, -0.1) is 0 Å². The number of aromatic amines is 1. The molecule has 0 bridgehead atoms. The fourth-order valence-electron chi connectivity index (χ4n) is 1.87. The third kappa shape index (κ3) is 3.30. The van der Waals surface area contributed by atoms with E-state index in [2.05, 4.69) is 14.7 Å². The number of rotatable bonds is 5. The number of nitrogens with one attached hydrogen (secondary N) is 2. The molecule has 1 aliphatic heterocycles. The first-order valence-electron chi connectivity index (χ1n) is 5.55. The molecule has 1 fully saturated rings. The third-order valence-electron chi connectivity index (χ3n) is 2.88. The van der Waals surface area contributed by atoms with E-state index in [-0.39, 0.29) is 24.5 Å². The van der Waals surface area contributed by atoms with Crippen LogP contribution in [0.15, 0.2) is 12.5 Å². The fraction of sp³-hybridized carbons (Fsp3) is 0.667. The number of imidazole rings is 1. The predicted molar refractivity (Wildman–Crippen MR) is 66.3 cm³/mol. The van der Waals surface area contributed by atoms with Crippen molar-refractivity contribution in [2.45, 2.75) is 18.1 Å². The first-order chi connectivity index (χ1) is 8.39. The third-order valence-corrected chi connectivity index (χ3v) is 6.75. The normalized spacial score (nSPS) is 23.2. The van der Waals surface area contributed by atoms with Crippen molar-refractivity contribution in [1.82, 2.24) is 14.7 Å². The van der Waals surface area contributed by atoms with Gasteiger partial charge in [-0.05, 0) is 6.42 Å². The molecule has 0 aromatic carbocycles. The Hall–Kier alpha value is -0.930. The van der Waals surface area contributed by atoms with Crippen LogP contribution in [0.1, 0.15) is 12.1 Å². The molecule has 1 aromatic heterocycles. The lowest BCUT2D eigenvalue weighted by Crippen LogP contribution is -2.36. The second kappa shape index (κ2) is 4.98. The second-order valence-corrected chi connectivity index (χ2v) is 8.57. The molecule has 1 aliphatic rings. The van der Waals surface area contributed by atoms with Crippen LogP contribution in [0.3, 0.4) is 0 Å². The Balaban J connectivity index is 1.88. The number of hydrogen-bond donors (Lipinski definition) is 2. The summed E-state index contributed by atoms with van der Waals surface area (Å²) < 4.78 is 48.6. The minimum absolute atomic E-state index is 0.0425. The zero-order valence-electron chi connectivity index (χ0n) is 9.66. The quantitative estimate of drug-likeness (QED) is 0.728. The van der Waals surface area contributed by atoms with E-state index in [0.717, 1.165) is 5.69 Å². The van der Waals surface area contributed by atoms with Gasteiger partial charge < -0.3 is 4.98 Å². The van der Waals surface area contributed by atoms with Crippen molar-refractivity contribution in [3.05, 3.63) is 18.2 Å². The summed E-state index contributed by atoms with van der Waals surface area (Å²) in [6.45, 7) is 0.237. The Morgan fingerprint density at radius 1 is 1.50 bits per heavy atom. The minimum Gasteiger partial charge on any atom is -0.348 e. The van der Waals surface area contributed by atoms with Gasteiger partial charge in [-0.1, -0.05) is 0 Å². The van der Waals surface area contributed by atoms with Crippen molar-refractivity contribution >= 4 is 19.9 Å².